The van der Waals surface area contributed by atoms with Crippen molar-refractivity contribution in [3.8, 4) is 11.5 Å². The van der Waals surface area contributed by atoms with Crippen molar-refractivity contribution in [3.63, 3.8) is 0 Å². The molecule has 0 heterocycles. The van der Waals surface area contributed by atoms with Crippen molar-refractivity contribution in [2.45, 2.75) is 33.4 Å². The van der Waals surface area contributed by atoms with Crippen LogP contribution in [0.25, 0.3) is 0 Å². The van der Waals surface area contributed by atoms with Crippen LogP contribution in [0.15, 0.2) is 66.7 Å². The number of rotatable bonds is 9. The van der Waals surface area contributed by atoms with Crippen molar-refractivity contribution in [2.75, 3.05) is 11.9 Å². The zero-order valence-corrected chi connectivity index (χ0v) is 17.1. The zero-order chi connectivity index (χ0) is 19.8. The Morgan fingerprint density at radius 2 is 1.57 bits per heavy atom. The summed E-state index contributed by atoms with van der Waals surface area (Å²) in [5.41, 5.74) is 4.53. The minimum atomic E-state index is 0.404. The van der Waals surface area contributed by atoms with Gasteiger partial charge in [-0.15, -0.1) is 0 Å². The standard InChI is InChI=1S/C24H26ClNO2/c1-3-18-9-12-21(13-10-18)26-16-19-11-14-23(24(15-19)27-4-2)28-17-20-7-5-6-8-22(20)25/h5-15,26H,3-4,16-17H2,1-2H3. The van der Waals surface area contributed by atoms with Crippen molar-refractivity contribution in [1.29, 1.82) is 0 Å². The molecule has 3 rings (SSSR count). The lowest BCUT2D eigenvalue weighted by atomic mass is 10.1. The number of benzene rings is 3. The Kier molecular flexibility index (Phi) is 7.21. The van der Waals surface area contributed by atoms with Crippen LogP contribution in [0.1, 0.15) is 30.5 Å². The lowest BCUT2D eigenvalue weighted by molar-refractivity contribution is 0.269. The first kappa shape index (κ1) is 20.1. The topological polar surface area (TPSA) is 30.5 Å². The number of nitrogens with one attached hydrogen (secondary N) is 1. The van der Waals surface area contributed by atoms with Gasteiger partial charge < -0.3 is 14.8 Å². The third-order valence-electron chi connectivity index (χ3n) is 4.51. The highest BCUT2D eigenvalue weighted by atomic mass is 35.5. The highest BCUT2D eigenvalue weighted by molar-refractivity contribution is 6.31. The molecular formula is C24H26ClNO2. The van der Waals surface area contributed by atoms with Gasteiger partial charge in [0.05, 0.1) is 6.61 Å². The van der Waals surface area contributed by atoms with Crippen LogP contribution in [0.4, 0.5) is 5.69 Å². The summed E-state index contributed by atoms with van der Waals surface area (Å²) in [5.74, 6) is 1.47. The Bertz CT molecular complexity index is 893. The van der Waals surface area contributed by atoms with E-state index in [1.54, 1.807) is 0 Å². The van der Waals surface area contributed by atoms with Crippen LogP contribution in [0, 0.1) is 0 Å². The maximum Gasteiger partial charge on any atom is 0.161 e. The molecule has 0 fully saturated rings. The van der Waals surface area contributed by atoms with Gasteiger partial charge in [0.15, 0.2) is 11.5 Å². The molecule has 0 bridgehead atoms. The maximum absolute atomic E-state index is 6.22. The van der Waals surface area contributed by atoms with E-state index < -0.39 is 0 Å². The lowest BCUT2D eigenvalue weighted by Gasteiger charge is -2.15. The van der Waals surface area contributed by atoms with Gasteiger partial charge in [0.25, 0.3) is 0 Å². The smallest absolute Gasteiger partial charge is 0.161 e. The average molecular weight is 396 g/mol. The fourth-order valence-corrected chi connectivity index (χ4v) is 3.07. The van der Waals surface area contributed by atoms with Crippen LogP contribution in [0.5, 0.6) is 11.5 Å². The third-order valence-corrected chi connectivity index (χ3v) is 4.88. The van der Waals surface area contributed by atoms with E-state index in [0.29, 0.717) is 18.2 Å². The number of anilines is 1. The first-order valence-corrected chi connectivity index (χ1v) is 10.0. The van der Waals surface area contributed by atoms with Crippen molar-refractivity contribution < 1.29 is 9.47 Å². The molecule has 0 aromatic heterocycles. The van der Waals surface area contributed by atoms with Gasteiger partial charge in [-0.05, 0) is 54.8 Å². The third kappa shape index (κ3) is 5.43. The predicted octanol–water partition coefficient (Wildman–Crippen LogP) is 6.49. The van der Waals surface area contributed by atoms with Gasteiger partial charge in [0.1, 0.15) is 6.61 Å². The van der Waals surface area contributed by atoms with Crippen LogP contribution in [-0.4, -0.2) is 6.61 Å². The molecular weight excluding hydrogens is 370 g/mol. The van der Waals surface area contributed by atoms with E-state index >= 15 is 0 Å². The van der Waals surface area contributed by atoms with Gasteiger partial charge >= 0.3 is 0 Å². The summed E-state index contributed by atoms with van der Waals surface area (Å²) in [6.07, 6.45) is 1.05. The van der Waals surface area contributed by atoms with Crippen molar-refractivity contribution in [2.24, 2.45) is 0 Å². The molecule has 0 aliphatic carbocycles. The molecule has 4 heteroatoms. The lowest BCUT2D eigenvalue weighted by Crippen LogP contribution is -2.03. The molecule has 0 aliphatic rings. The van der Waals surface area contributed by atoms with Crippen LogP contribution >= 0.6 is 11.6 Å². The molecule has 0 unspecified atom stereocenters. The fraction of sp³-hybridized carbons (Fsp3) is 0.250. The Balaban J connectivity index is 1.66. The first-order chi connectivity index (χ1) is 13.7. The van der Waals surface area contributed by atoms with Gasteiger partial charge in [-0.3, -0.25) is 0 Å². The summed E-state index contributed by atoms with van der Waals surface area (Å²) in [4.78, 5) is 0. The zero-order valence-electron chi connectivity index (χ0n) is 16.4. The number of hydrogen-bond donors (Lipinski definition) is 1. The Morgan fingerprint density at radius 3 is 2.29 bits per heavy atom. The number of halogens is 1. The van der Waals surface area contributed by atoms with Gasteiger partial charge in [0.2, 0.25) is 0 Å². The Morgan fingerprint density at radius 1 is 0.821 bits per heavy atom. The molecule has 3 nitrogen and oxygen atoms in total. The molecule has 1 N–H and O–H groups in total. The van der Waals surface area contributed by atoms with Gasteiger partial charge in [-0.1, -0.05) is 54.9 Å². The molecule has 0 saturated heterocycles. The van der Waals surface area contributed by atoms with E-state index in [9.17, 15) is 0 Å². The predicted molar refractivity (Wildman–Crippen MR) is 117 cm³/mol. The maximum atomic E-state index is 6.22. The van der Waals surface area contributed by atoms with E-state index in [0.717, 1.165) is 41.3 Å². The van der Waals surface area contributed by atoms with Crippen LogP contribution in [-0.2, 0) is 19.6 Å². The number of aryl methyl sites for hydroxylation is 1. The summed E-state index contributed by atoms with van der Waals surface area (Å²) < 4.78 is 11.8. The van der Waals surface area contributed by atoms with Gasteiger partial charge in [-0.25, -0.2) is 0 Å². The van der Waals surface area contributed by atoms with E-state index in [1.165, 1.54) is 5.56 Å². The first-order valence-electron chi connectivity index (χ1n) is 9.64. The largest absolute Gasteiger partial charge is 0.490 e. The van der Waals surface area contributed by atoms with E-state index in [2.05, 4.69) is 42.6 Å². The summed E-state index contributed by atoms with van der Waals surface area (Å²) in [7, 11) is 0. The van der Waals surface area contributed by atoms with Crippen molar-refractivity contribution >= 4 is 17.3 Å². The van der Waals surface area contributed by atoms with E-state index in [4.69, 9.17) is 21.1 Å². The van der Waals surface area contributed by atoms with Gasteiger partial charge in [-0.2, -0.15) is 0 Å². The summed E-state index contributed by atoms with van der Waals surface area (Å²) in [6, 6.07) is 22.3. The highest BCUT2D eigenvalue weighted by Gasteiger charge is 2.08. The van der Waals surface area contributed by atoms with E-state index in [-0.39, 0.29) is 0 Å². The van der Waals surface area contributed by atoms with Gasteiger partial charge in [0, 0.05) is 22.8 Å². The molecule has 146 valence electrons. The van der Waals surface area contributed by atoms with Crippen molar-refractivity contribution in [3.05, 3.63) is 88.4 Å². The minimum Gasteiger partial charge on any atom is -0.490 e. The second-order valence-corrected chi connectivity index (χ2v) is 6.91. The second kappa shape index (κ2) is 10.0. The van der Waals surface area contributed by atoms with Crippen LogP contribution in [0.2, 0.25) is 5.02 Å². The average Bonchev–Trinajstić information content (AvgIpc) is 2.73. The molecule has 3 aromatic rings. The SMILES string of the molecule is CCOc1cc(CNc2ccc(CC)cc2)ccc1OCc1ccccc1Cl. The summed E-state index contributed by atoms with van der Waals surface area (Å²) in [5, 5.41) is 4.16. The molecule has 0 aliphatic heterocycles. The normalized spacial score (nSPS) is 10.5. The monoisotopic (exact) mass is 395 g/mol. The highest BCUT2D eigenvalue weighted by Crippen LogP contribution is 2.30. The Hall–Kier alpha value is -2.65. The molecule has 3 aromatic carbocycles. The number of hydrogen-bond acceptors (Lipinski definition) is 3. The summed E-state index contributed by atoms with van der Waals surface area (Å²) in [6.45, 7) is 5.83. The number of ether oxygens (including phenoxy) is 2. The Labute approximate surface area is 172 Å². The molecule has 0 radical (unpaired) electrons. The minimum absolute atomic E-state index is 0.404. The molecule has 0 spiro atoms. The van der Waals surface area contributed by atoms with E-state index in [1.807, 2.05) is 43.3 Å². The van der Waals surface area contributed by atoms with Crippen LogP contribution in [0.3, 0.4) is 0 Å². The summed E-state index contributed by atoms with van der Waals surface area (Å²) >= 11 is 6.22. The molecule has 0 atom stereocenters. The second-order valence-electron chi connectivity index (χ2n) is 6.50. The molecule has 28 heavy (non-hydrogen) atoms. The van der Waals surface area contributed by atoms with Crippen molar-refractivity contribution in [1.82, 2.24) is 0 Å². The fourth-order valence-electron chi connectivity index (χ4n) is 2.88. The quantitative estimate of drug-likeness (QED) is 0.449. The van der Waals surface area contributed by atoms with Crippen LogP contribution < -0.4 is 14.8 Å². The molecule has 0 saturated carbocycles. The molecule has 0 amide bonds.